The number of benzene rings is 1. The summed E-state index contributed by atoms with van der Waals surface area (Å²) in [7, 11) is 0. The molecule has 0 saturated carbocycles. The van der Waals surface area contributed by atoms with Crippen LogP contribution in [0.3, 0.4) is 0 Å². The molecule has 0 radical (unpaired) electrons. The highest BCUT2D eigenvalue weighted by molar-refractivity contribution is 6.09. The summed E-state index contributed by atoms with van der Waals surface area (Å²) in [5.41, 5.74) is 0.263. The molecule has 0 bridgehead atoms. The highest BCUT2D eigenvalue weighted by Gasteiger charge is 2.16. The van der Waals surface area contributed by atoms with Crippen molar-refractivity contribution in [1.29, 1.82) is 5.26 Å². The predicted molar refractivity (Wildman–Crippen MR) is 89.6 cm³/mol. The number of esters is 1. The number of carbonyl (C=O) groups is 2. The number of anilines is 2. The van der Waals surface area contributed by atoms with E-state index in [2.05, 4.69) is 15.8 Å². The Morgan fingerprint density at radius 2 is 2.16 bits per heavy atom. The van der Waals surface area contributed by atoms with Crippen LogP contribution in [-0.4, -0.2) is 23.6 Å². The highest BCUT2D eigenvalue weighted by atomic mass is 16.5. The molecule has 0 spiro atoms. The Hall–Kier alpha value is -3.60. The van der Waals surface area contributed by atoms with Crippen molar-refractivity contribution in [3.8, 4) is 6.07 Å². The van der Waals surface area contributed by atoms with Crippen molar-refractivity contribution in [1.82, 2.24) is 5.16 Å². The van der Waals surface area contributed by atoms with E-state index in [-0.39, 0.29) is 23.4 Å². The fourth-order valence-corrected chi connectivity index (χ4v) is 1.90. The molecular weight excluding hydrogens is 324 g/mol. The summed E-state index contributed by atoms with van der Waals surface area (Å²) < 4.78 is 9.82. The summed E-state index contributed by atoms with van der Waals surface area (Å²) in [5.74, 6) is -0.281. The molecule has 8 nitrogen and oxygen atoms in total. The molecular formula is C17H16N4O4. The van der Waals surface area contributed by atoms with Crippen molar-refractivity contribution in [2.75, 3.05) is 17.2 Å². The van der Waals surface area contributed by atoms with Crippen LogP contribution >= 0.6 is 0 Å². The van der Waals surface area contributed by atoms with Gasteiger partial charge in [0.1, 0.15) is 17.4 Å². The van der Waals surface area contributed by atoms with E-state index in [0.717, 1.165) is 0 Å². The topological polar surface area (TPSA) is 117 Å². The quantitative estimate of drug-likeness (QED) is 0.471. The van der Waals surface area contributed by atoms with Crippen LogP contribution in [0.4, 0.5) is 11.5 Å². The molecule has 2 rings (SSSR count). The first-order valence-corrected chi connectivity index (χ1v) is 7.42. The zero-order valence-electron chi connectivity index (χ0n) is 13.7. The first-order chi connectivity index (χ1) is 12.0. The van der Waals surface area contributed by atoms with Crippen LogP contribution in [-0.2, 0) is 9.53 Å². The van der Waals surface area contributed by atoms with Gasteiger partial charge in [-0.3, -0.25) is 4.79 Å². The van der Waals surface area contributed by atoms with Gasteiger partial charge in [0.15, 0.2) is 5.82 Å². The Bertz CT molecular complexity index is 848. The second kappa shape index (κ2) is 8.31. The summed E-state index contributed by atoms with van der Waals surface area (Å²) in [5, 5.41) is 18.1. The number of ether oxygens (including phenoxy) is 1. The molecule has 1 amide bonds. The third-order valence-electron chi connectivity index (χ3n) is 3.03. The first kappa shape index (κ1) is 17.7. The predicted octanol–water partition coefficient (Wildman–Crippen LogP) is 2.62. The third-order valence-corrected chi connectivity index (χ3v) is 3.03. The summed E-state index contributed by atoms with van der Waals surface area (Å²) in [6.45, 7) is 3.62. The average Bonchev–Trinajstić information content (AvgIpc) is 3.01. The van der Waals surface area contributed by atoms with Gasteiger partial charge in [-0.25, -0.2) is 4.79 Å². The molecule has 1 aromatic carbocycles. The fourth-order valence-electron chi connectivity index (χ4n) is 1.90. The zero-order chi connectivity index (χ0) is 18.2. The lowest BCUT2D eigenvalue weighted by atomic mass is 10.1. The number of carbonyl (C=O) groups excluding carboxylic acids is 2. The van der Waals surface area contributed by atoms with E-state index in [1.54, 1.807) is 44.2 Å². The number of nitriles is 1. The van der Waals surface area contributed by atoms with Gasteiger partial charge in [-0.05, 0) is 26.0 Å². The summed E-state index contributed by atoms with van der Waals surface area (Å²) >= 11 is 0. The maximum absolute atomic E-state index is 12.3. The van der Waals surface area contributed by atoms with E-state index in [9.17, 15) is 9.59 Å². The Morgan fingerprint density at radius 1 is 1.40 bits per heavy atom. The molecule has 1 aromatic heterocycles. The Kier molecular flexibility index (Phi) is 5.90. The van der Waals surface area contributed by atoms with Crippen LogP contribution in [0, 0.1) is 18.3 Å². The van der Waals surface area contributed by atoms with E-state index >= 15 is 0 Å². The number of amides is 1. The van der Waals surface area contributed by atoms with E-state index < -0.39 is 11.9 Å². The van der Waals surface area contributed by atoms with Crippen molar-refractivity contribution >= 4 is 23.4 Å². The van der Waals surface area contributed by atoms with E-state index in [1.165, 1.54) is 12.3 Å². The van der Waals surface area contributed by atoms with Gasteiger partial charge in [0.25, 0.3) is 5.91 Å². The van der Waals surface area contributed by atoms with Crippen molar-refractivity contribution in [2.45, 2.75) is 13.8 Å². The summed E-state index contributed by atoms with van der Waals surface area (Å²) in [6, 6.07) is 9.78. The van der Waals surface area contributed by atoms with Gasteiger partial charge >= 0.3 is 5.97 Å². The van der Waals surface area contributed by atoms with Gasteiger partial charge in [-0.2, -0.15) is 5.26 Å². The minimum Gasteiger partial charge on any atom is -0.462 e. The second-order valence-electron chi connectivity index (χ2n) is 4.86. The lowest BCUT2D eigenvalue weighted by Crippen LogP contribution is -2.17. The second-order valence-corrected chi connectivity index (χ2v) is 4.86. The van der Waals surface area contributed by atoms with Crippen molar-refractivity contribution in [2.24, 2.45) is 0 Å². The van der Waals surface area contributed by atoms with Crippen LogP contribution in [0.15, 0.2) is 46.6 Å². The Morgan fingerprint density at radius 3 is 2.80 bits per heavy atom. The standard InChI is InChI=1S/C17H16N4O4/c1-3-24-17(23)13-6-4-5-7-14(13)20-16(22)12(9-18)10-19-15-8-11(2)25-21-15/h4-8,10H,3H2,1-2H3,(H,19,21)(H,20,22)/b12-10-. The molecule has 0 fully saturated rings. The van der Waals surface area contributed by atoms with E-state index in [1.807, 2.05) is 0 Å². The van der Waals surface area contributed by atoms with Crippen LogP contribution < -0.4 is 10.6 Å². The largest absolute Gasteiger partial charge is 0.462 e. The van der Waals surface area contributed by atoms with Crippen LogP contribution in [0.1, 0.15) is 23.0 Å². The number of nitrogens with zero attached hydrogens (tertiary/aromatic N) is 2. The van der Waals surface area contributed by atoms with Gasteiger partial charge in [0, 0.05) is 12.3 Å². The molecule has 0 unspecified atom stereocenters. The molecule has 2 N–H and O–H groups in total. The smallest absolute Gasteiger partial charge is 0.340 e. The summed E-state index contributed by atoms with van der Waals surface area (Å²) in [6.07, 6.45) is 1.21. The van der Waals surface area contributed by atoms with Crippen LogP contribution in [0.2, 0.25) is 0 Å². The minimum absolute atomic E-state index is 0.195. The maximum Gasteiger partial charge on any atom is 0.340 e. The number of aromatic nitrogens is 1. The van der Waals surface area contributed by atoms with Gasteiger partial charge in [-0.15, -0.1) is 0 Å². The molecule has 0 aliphatic carbocycles. The monoisotopic (exact) mass is 340 g/mol. The molecule has 2 aromatic rings. The van der Waals surface area contributed by atoms with Crippen molar-refractivity contribution in [3.63, 3.8) is 0 Å². The third kappa shape index (κ3) is 4.68. The molecule has 0 aliphatic rings. The maximum atomic E-state index is 12.3. The number of hydrogen-bond donors (Lipinski definition) is 2. The SMILES string of the molecule is CCOC(=O)c1ccccc1NC(=O)/C(C#N)=C\Nc1cc(C)on1. The normalized spacial score (nSPS) is 10.7. The van der Waals surface area contributed by atoms with E-state index in [4.69, 9.17) is 14.5 Å². The van der Waals surface area contributed by atoms with Gasteiger partial charge in [-0.1, -0.05) is 17.3 Å². The number of aryl methyl sites for hydroxylation is 1. The van der Waals surface area contributed by atoms with Crippen LogP contribution in [0.5, 0.6) is 0 Å². The van der Waals surface area contributed by atoms with Gasteiger partial charge in [0.05, 0.1) is 17.9 Å². The molecule has 1 heterocycles. The molecule has 0 saturated heterocycles. The van der Waals surface area contributed by atoms with Gasteiger partial charge in [0.2, 0.25) is 0 Å². The average molecular weight is 340 g/mol. The molecule has 0 atom stereocenters. The molecule has 128 valence electrons. The number of hydrogen-bond acceptors (Lipinski definition) is 7. The molecule has 0 aliphatic heterocycles. The lowest BCUT2D eigenvalue weighted by molar-refractivity contribution is -0.112. The summed E-state index contributed by atoms with van der Waals surface area (Å²) in [4.78, 5) is 24.2. The number of nitrogens with one attached hydrogen (secondary N) is 2. The van der Waals surface area contributed by atoms with E-state index in [0.29, 0.717) is 11.6 Å². The van der Waals surface area contributed by atoms with Crippen molar-refractivity contribution in [3.05, 3.63) is 53.4 Å². The van der Waals surface area contributed by atoms with Gasteiger partial charge < -0.3 is 19.9 Å². The first-order valence-electron chi connectivity index (χ1n) is 7.42. The zero-order valence-corrected chi connectivity index (χ0v) is 13.7. The Balaban J connectivity index is 2.15. The molecule has 25 heavy (non-hydrogen) atoms. The fraction of sp³-hybridized carbons (Fsp3) is 0.176. The van der Waals surface area contributed by atoms with Crippen LogP contribution in [0.25, 0.3) is 0 Å². The van der Waals surface area contributed by atoms with Crippen molar-refractivity contribution < 1.29 is 18.8 Å². The minimum atomic E-state index is -0.674. The Labute approximate surface area is 144 Å². The lowest BCUT2D eigenvalue weighted by Gasteiger charge is -2.09. The molecule has 8 heteroatoms. The highest BCUT2D eigenvalue weighted by Crippen LogP contribution is 2.17. The number of para-hydroxylation sites is 1. The number of rotatable bonds is 6.